The molecule has 25 heavy (non-hydrogen) atoms. The number of carbonyl (C=O) groups excluding carboxylic acids is 1. The molecule has 1 N–H and O–H groups in total. The summed E-state index contributed by atoms with van der Waals surface area (Å²) < 4.78 is 1.95. The van der Waals surface area contributed by atoms with Crippen molar-refractivity contribution in [2.24, 2.45) is 0 Å². The average Bonchev–Trinajstić information content (AvgIpc) is 2.92. The second-order valence-electron chi connectivity index (χ2n) is 6.18. The molecule has 3 rings (SSSR count). The highest BCUT2D eigenvalue weighted by Gasteiger charge is 2.17. The van der Waals surface area contributed by atoms with Gasteiger partial charge in [-0.25, -0.2) is 5.10 Å². The van der Waals surface area contributed by atoms with Gasteiger partial charge in [0.1, 0.15) is 0 Å². The van der Waals surface area contributed by atoms with E-state index in [1.807, 2.05) is 24.6 Å². The SMILES string of the molecule is Cc1cc(C)n(CCCN(C)C(=O)c2n[nH]c(=O)c3ccccc23)n1. The van der Waals surface area contributed by atoms with E-state index in [9.17, 15) is 9.59 Å². The first-order valence-corrected chi connectivity index (χ1v) is 8.21. The van der Waals surface area contributed by atoms with E-state index in [-0.39, 0.29) is 17.2 Å². The van der Waals surface area contributed by atoms with Gasteiger partial charge in [0.15, 0.2) is 5.69 Å². The molecule has 0 atom stereocenters. The van der Waals surface area contributed by atoms with Gasteiger partial charge in [-0.05, 0) is 32.4 Å². The molecule has 0 unspecified atom stereocenters. The Morgan fingerprint density at radius 2 is 1.96 bits per heavy atom. The maximum atomic E-state index is 12.7. The van der Waals surface area contributed by atoms with Crippen LogP contribution in [0.15, 0.2) is 35.1 Å². The lowest BCUT2D eigenvalue weighted by molar-refractivity contribution is 0.0786. The van der Waals surface area contributed by atoms with Crippen molar-refractivity contribution in [3.05, 3.63) is 57.8 Å². The Balaban J connectivity index is 1.72. The molecule has 1 amide bonds. The van der Waals surface area contributed by atoms with E-state index in [0.717, 1.165) is 24.4 Å². The van der Waals surface area contributed by atoms with Gasteiger partial charge in [0.25, 0.3) is 11.5 Å². The third-order valence-electron chi connectivity index (χ3n) is 4.21. The summed E-state index contributed by atoms with van der Waals surface area (Å²) in [5, 5.41) is 11.8. The van der Waals surface area contributed by atoms with Crippen LogP contribution in [0.5, 0.6) is 0 Å². The van der Waals surface area contributed by atoms with Crippen molar-refractivity contribution in [2.45, 2.75) is 26.8 Å². The highest BCUT2D eigenvalue weighted by Crippen LogP contribution is 2.14. The zero-order valence-corrected chi connectivity index (χ0v) is 14.6. The minimum absolute atomic E-state index is 0.208. The Morgan fingerprint density at radius 1 is 1.24 bits per heavy atom. The monoisotopic (exact) mass is 339 g/mol. The molecule has 7 nitrogen and oxygen atoms in total. The molecular formula is C18H21N5O2. The first-order valence-electron chi connectivity index (χ1n) is 8.21. The van der Waals surface area contributed by atoms with Gasteiger partial charge in [-0.3, -0.25) is 14.3 Å². The second-order valence-corrected chi connectivity index (χ2v) is 6.18. The van der Waals surface area contributed by atoms with Crippen molar-refractivity contribution < 1.29 is 4.79 Å². The third-order valence-corrected chi connectivity index (χ3v) is 4.21. The average molecular weight is 339 g/mol. The number of aromatic amines is 1. The van der Waals surface area contributed by atoms with Crippen LogP contribution in [0.3, 0.4) is 0 Å². The summed E-state index contributed by atoms with van der Waals surface area (Å²) in [5.41, 5.74) is 2.08. The van der Waals surface area contributed by atoms with Crippen molar-refractivity contribution in [2.75, 3.05) is 13.6 Å². The number of hydrogen-bond donors (Lipinski definition) is 1. The number of nitrogens with zero attached hydrogens (tertiary/aromatic N) is 4. The zero-order valence-electron chi connectivity index (χ0n) is 14.6. The predicted molar refractivity (Wildman–Crippen MR) is 95.6 cm³/mol. The number of aryl methyl sites for hydroxylation is 3. The first-order chi connectivity index (χ1) is 12.0. The standard InChI is InChI=1S/C18H21N5O2/c1-12-11-13(2)23(21-12)10-6-9-22(3)18(25)16-14-7-4-5-8-15(14)17(24)20-19-16/h4-5,7-8,11H,6,9-10H2,1-3H3,(H,20,24). The molecule has 2 aromatic heterocycles. The van der Waals surface area contributed by atoms with Crippen LogP contribution in [0.2, 0.25) is 0 Å². The van der Waals surface area contributed by atoms with E-state index >= 15 is 0 Å². The molecule has 0 saturated heterocycles. The molecule has 0 aliphatic rings. The quantitative estimate of drug-likeness (QED) is 0.769. The summed E-state index contributed by atoms with van der Waals surface area (Å²) in [5.74, 6) is -0.208. The number of hydrogen-bond acceptors (Lipinski definition) is 4. The minimum atomic E-state index is -0.292. The largest absolute Gasteiger partial charge is 0.340 e. The Labute approximate surface area is 145 Å². The molecule has 7 heteroatoms. The fraction of sp³-hybridized carbons (Fsp3) is 0.333. The van der Waals surface area contributed by atoms with Gasteiger partial charge in [-0.1, -0.05) is 18.2 Å². The van der Waals surface area contributed by atoms with Crippen LogP contribution < -0.4 is 5.56 Å². The molecule has 0 fully saturated rings. The lowest BCUT2D eigenvalue weighted by Crippen LogP contribution is -2.30. The summed E-state index contributed by atoms with van der Waals surface area (Å²) >= 11 is 0. The number of nitrogens with one attached hydrogen (secondary N) is 1. The van der Waals surface area contributed by atoms with E-state index in [2.05, 4.69) is 15.3 Å². The summed E-state index contributed by atoms with van der Waals surface area (Å²) in [6.07, 6.45) is 0.783. The molecule has 0 spiro atoms. The maximum absolute atomic E-state index is 12.7. The zero-order chi connectivity index (χ0) is 18.0. The van der Waals surface area contributed by atoms with Crippen LogP contribution in [0.4, 0.5) is 0 Å². The molecule has 3 aromatic rings. The van der Waals surface area contributed by atoms with E-state index in [1.54, 1.807) is 36.2 Å². The molecule has 130 valence electrons. The van der Waals surface area contributed by atoms with Crippen molar-refractivity contribution in [1.82, 2.24) is 24.9 Å². The predicted octanol–water partition coefficient (Wildman–Crippen LogP) is 1.90. The van der Waals surface area contributed by atoms with Gasteiger partial charge in [0, 0.05) is 31.2 Å². The van der Waals surface area contributed by atoms with Gasteiger partial charge in [0.2, 0.25) is 0 Å². The van der Waals surface area contributed by atoms with Crippen molar-refractivity contribution in [3.8, 4) is 0 Å². The van der Waals surface area contributed by atoms with Crippen molar-refractivity contribution in [1.29, 1.82) is 0 Å². The Hall–Kier alpha value is -2.96. The number of aromatic nitrogens is 4. The van der Waals surface area contributed by atoms with Gasteiger partial charge >= 0.3 is 0 Å². The normalized spacial score (nSPS) is 11.0. The molecule has 1 aromatic carbocycles. The third kappa shape index (κ3) is 3.45. The molecule has 0 saturated carbocycles. The molecule has 0 aliphatic carbocycles. The van der Waals surface area contributed by atoms with Crippen molar-refractivity contribution >= 4 is 16.7 Å². The topological polar surface area (TPSA) is 83.9 Å². The summed E-state index contributed by atoms with van der Waals surface area (Å²) in [6, 6.07) is 9.03. The second kappa shape index (κ2) is 6.88. The number of amides is 1. The summed E-state index contributed by atoms with van der Waals surface area (Å²) in [4.78, 5) is 26.2. The maximum Gasteiger partial charge on any atom is 0.274 e. The Morgan fingerprint density at radius 3 is 2.64 bits per heavy atom. The number of rotatable bonds is 5. The van der Waals surface area contributed by atoms with E-state index < -0.39 is 0 Å². The van der Waals surface area contributed by atoms with Crippen LogP contribution in [0, 0.1) is 13.8 Å². The van der Waals surface area contributed by atoms with Crippen LogP contribution in [0.25, 0.3) is 10.8 Å². The highest BCUT2D eigenvalue weighted by atomic mass is 16.2. The smallest absolute Gasteiger partial charge is 0.274 e. The molecule has 0 bridgehead atoms. The lowest BCUT2D eigenvalue weighted by atomic mass is 10.1. The molecular weight excluding hydrogens is 318 g/mol. The number of fused-ring (bicyclic) bond motifs is 1. The van der Waals surface area contributed by atoms with Gasteiger partial charge < -0.3 is 4.90 Å². The lowest BCUT2D eigenvalue weighted by Gasteiger charge is -2.17. The minimum Gasteiger partial charge on any atom is -0.340 e. The van der Waals surface area contributed by atoms with Crippen LogP contribution >= 0.6 is 0 Å². The van der Waals surface area contributed by atoms with E-state index in [4.69, 9.17) is 0 Å². The summed E-state index contributed by atoms with van der Waals surface area (Å²) in [7, 11) is 1.74. The Bertz CT molecular complexity index is 973. The fourth-order valence-corrected chi connectivity index (χ4v) is 2.92. The number of H-pyrrole nitrogens is 1. The highest BCUT2D eigenvalue weighted by molar-refractivity contribution is 6.04. The van der Waals surface area contributed by atoms with Crippen LogP contribution in [-0.4, -0.2) is 44.4 Å². The number of benzene rings is 1. The van der Waals surface area contributed by atoms with Gasteiger partial charge in [-0.2, -0.15) is 10.2 Å². The van der Waals surface area contributed by atoms with E-state index in [1.165, 1.54) is 0 Å². The molecule has 2 heterocycles. The van der Waals surface area contributed by atoms with Crippen molar-refractivity contribution in [3.63, 3.8) is 0 Å². The van der Waals surface area contributed by atoms with Crippen LogP contribution in [0.1, 0.15) is 28.3 Å². The van der Waals surface area contributed by atoms with E-state index in [0.29, 0.717) is 17.3 Å². The first kappa shape index (κ1) is 16.9. The summed E-state index contributed by atoms with van der Waals surface area (Å²) in [6.45, 7) is 5.31. The fourth-order valence-electron chi connectivity index (χ4n) is 2.92. The Kier molecular flexibility index (Phi) is 4.65. The van der Waals surface area contributed by atoms with Gasteiger partial charge in [0.05, 0.1) is 11.1 Å². The molecule has 0 aliphatic heterocycles. The van der Waals surface area contributed by atoms with Crippen LogP contribution in [-0.2, 0) is 6.54 Å². The number of carbonyl (C=O) groups is 1. The molecule has 0 radical (unpaired) electrons. The van der Waals surface area contributed by atoms with Gasteiger partial charge in [-0.15, -0.1) is 0 Å².